The van der Waals surface area contributed by atoms with Crippen molar-refractivity contribution in [2.24, 2.45) is 5.92 Å². The number of aromatic nitrogens is 2. The summed E-state index contributed by atoms with van der Waals surface area (Å²) >= 11 is 0. The fraction of sp³-hybridized carbons (Fsp3) is 0.421. The van der Waals surface area contributed by atoms with Crippen molar-refractivity contribution in [3.8, 4) is 6.07 Å². The summed E-state index contributed by atoms with van der Waals surface area (Å²) in [6.45, 7) is 3.58. The topological polar surface area (TPSA) is 61.9 Å². The Morgan fingerprint density at radius 2 is 1.88 bits per heavy atom. The minimum atomic E-state index is 0.00458. The summed E-state index contributed by atoms with van der Waals surface area (Å²) in [6.07, 6.45) is 2.40. The van der Waals surface area contributed by atoms with E-state index in [1.54, 1.807) is 10.7 Å². The molecule has 2 heterocycles. The first-order valence-electron chi connectivity index (χ1n) is 8.51. The van der Waals surface area contributed by atoms with E-state index in [1.165, 1.54) is 18.4 Å². The van der Waals surface area contributed by atoms with Crippen LogP contribution in [0.4, 0.5) is 0 Å². The first kappa shape index (κ1) is 15.1. The van der Waals surface area contributed by atoms with Gasteiger partial charge in [0.1, 0.15) is 0 Å². The quantitative estimate of drug-likeness (QED) is 0.846. The van der Waals surface area contributed by atoms with Gasteiger partial charge in [-0.2, -0.15) is 10.4 Å². The van der Waals surface area contributed by atoms with Gasteiger partial charge >= 0.3 is 0 Å². The van der Waals surface area contributed by atoms with Crippen LogP contribution in [0.15, 0.2) is 41.2 Å². The number of hydrogen-bond donors (Lipinski definition) is 0. The Bertz CT molecular complexity index is 824. The predicted molar refractivity (Wildman–Crippen MR) is 90.4 cm³/mol. The molecule has 2 fully saturated rings. The third-order valence-electron chi connectivity index (χ3n) is 4.84. The first-order chi connectivity index (χ1) is 11.7. The van der Waals surface area contributed by atoms with Gasteiger partial charge in [-0.05, 0) is 36.6 Å². The van der Waals surface area contributed by atoms with Crippen molar-refractivity contribution in [1.29, 1.82) is 5.26 Å². The monoisotopic (exact) mass is 320 g/mol. The largest absolute Gasteiger partial charge is 0.298 e. The molecule has 5 nitrogen and oxygen atoms in total. The Balaban J connectivity index is 1.32. The second-order valence-corrected chi connectivity index (χ2v) is 6.92. The van der Waals surface area contributed by atoms with E-state index < -0.39 is 0 Å². The zero-order valence-electron chi connectivity index (χ0n) is 13.6. The number of benzene rings is 1. The maximum atomic E-state index is 12.0. The molecule has 5 heteroatoms. The van der Waals surface area contributed by atoms with Crippen molar-refractivity contribution in [3.63, 3.8) is 0 Å². The molecule has 2 aliphatic rings. The molecular weight excluding hydrogens is 300 g/mol. The van der Waals surface area contributed by atoms with Gasteiger partial charge in [-0.1, -0.05) is 12.1 Å². The lowest BCUT2D eigenvalue weighted by molar-refractivity contribution is 0.0765. The van der Waals surface area contributed by atoms with Crippen LogP contribution < -0.4 is 5.56 Å². The summed E-state index contributed by atoms with van der Waals surface area (Å²) in [4.78, 5) is 14.3. The molecule has 0 spiro atoms. The Labute approximate surface area is 141 Å². The molecule has 2 aromatic rings. The van der Waals surface area contributed by atoms with Crippen LogP contribution in [-0.4, -0.2) is 27.8 Å². The van der Waals surface area contributed by atoms with Crippen molar-refractivity contribution in [2.75, 3.05) is 13.1 Å². The summed E-state index contributed by atoms with van der Waals surface area (Å²) in [6, 6.07) is 13.4. The van der Waals surface area contributed by atoms with E-state index in [0.717, 1.165) is 25.3 Å². The van der Waals surface area contributed by atoms with Gasteiger partial charge in [-0.15, -0.1) is 0 Å². The smallest absolute Gasteiger partial charge is 0.266 e. The summed E-state index contributed by atoms with van der Waals surface area (Å²) in [5.41, 5.74) is 2.99. The number of nitriles is 1. The van der Waals surface area contributed by atoms with Gasteiger partial charge in [0.25, 0.3) is 5.56 Å². The highest BCUT2D eigenvalue weighted by Crippen LogP contribution is 2.38. The van der Waals surface area contributed by atoms with Crippen molar-refractivity contribution in [3.05, 3.63) is 63.6 Å². The van der Waals surface area contributed by atoms with E-state index in [-0.39, 0.29) is 5.56 Å². The van der Waals surface area contributed by atoms with Crippen LogP contribution >= 0.6 is 0 Å². The minimum absolute atomic E-state index is 0.00458. The number of likely N-dealkylation sites (tertiary alicyclic amines) is 1. The maximum absolute atomic E-state index is 12.0. The molecule has 0 unspecified atom stereocenters. The lowest BCUT2D eigenvalue weighted by atomic mass is 9.99. The number of rotatable bonds is 5. The highest BCUT2D eigenvalue weighted by atomic mass is 16.1. The minimum Gasteiger partial charge on any atom is -0.298 e. The lowest BCUT2D eigenvalue weighted by Gasteiger charge is -2.39. The van der Waals surface area contributed by atoms with Gasteiger partial charge in [-0.25, -0.2) is 4.68 Å². The highest BCUT2D eigenvalue weighted by molar-refractivity contribution is 5.31. The summed E-state index contributed by atoms with van der Waals surface area (Å²) < 4.78 is 1.65. The van der Waals surface area contributed by atoms with Crippen LogP contribution in [0.2, 0.25) is 0 Å². The standard InChI is InChI=1S/C19H20N4O/c20-9-14-1-3-15(4-2-14)10-22-11-16(12-22)13-23-19(24)8-7-18(21-23)17-5-6-17/h1-4,7-8,16-17H,5-6,10-13H2. The molecule has 1 aliphatic heterocycles. The van der Waals surface area contributed by atoms with E-state index in [9.17, 15) is 4.79 Å². The van der Waals surface area contributed by atoms with E-state index >= 15 is 0 Å². The molecule has 24 heavy (non-hydrogen) atoms. The fourth-order valence-electron chi connectivity index (χ4n) is 3.30. The second-order valence-electron chi connectivity index (χ2n) is 6.92. The third-order valence-corrected chi connectivity index (χ3v) is 4.84. The van der Waals surface area contributed by atoms with Crippen LogP contribution in [0.1, 0.15) is 35.6 Å². The lowest BCUT2D eigenvalue weighted by Crippen LogP contribution is -2.48. The van der Waals surface area contributed by atoms with Gasteiger partial charge in [0.15, 0.2) is 0 Å². The molecule has 1 aliphatic carbocycles. The molecule has 1 saturated heterocycles. The van der Waals surface area contributed by atoms with E-state index in [2.05, 4.69) is 16.1 Å². The van der Waals surface area contributed by atoms with Crippen LogP contribution in [0.3, 0.4) is 0 Å². The molecule has 4 rings (SSSR count). The van der Waals surface area contributed by atoms with Gasteiger partial charge in [-0.3, -0.25) is 9.69 Å². The second kappa shape index (κ2) is 6.21. The maximum Gasteiger partial charge on any atom is 0.266 e. The van der Waals surface area contributed by atoms with Crippen LogP contribution in [0, 0.1) is 17.2 Å². The summed E-state index contributed by atoms with van der Waals surface area (Å²) in [5.74, 6) is 1.06. The molecule has 1 saturated carbocycles. The van der Waals surface area contributed by atoms with Crippen LogP contribution in [0.5, 0.6) is 0 Å². The molecule has 1 aromatic carbocycles. The SMILES string of the molecule is N#Cc1ccc(CN2CC(Cn3nc(C4CC4)ccc3=O)C2)cc1. The molecule has 122 valence electrons. The summed E-state index contributed by atoms with van der Waals surface area (Å²) in [7, 11) is 0. The van der Waals surface area contributed by atoms with Crippen molar-refractivity contribution in [1.82, 2.24) is 14.7 Å². The Hall–Kier alpha value is -2.45. The Morgan fingerprint density at radius 3 is 2.54 bits per heavy atom. The average molecular weight is 320 g/mol. The first-order valence-corrected chi connectivity index (χ1v) is 8.51. The van der Waals surface area contributed by atoms with Crippen molar-refractivity contribution >= 4 is 0 Å². The van der Waals surface area contributed by atoms with Crippen molar-refractivity contribution < 1.29 is 0 Å². The molecular formula is C19H20N4O. The molecule has 1 aromatic heterocycles. The predicted octanol–water partition coefficient (Wildman–Crippen LogP) is 2.12. The number of hydrogen-bond acceptors (Lipinski definition) is 4. The van der Waals surface area contributed by atoms with Gasteiger partial charge in [0.2, 0.25) is 0 Å². The summed E-state index contributed by atoms with van der Waals surface area (Å²) in [5, 5.41) is 13.4. The third kappa shape index (κ3) is 3.24. The molecule has 0 N–H and O–H groups in total. The molecule has 0 bridgehead atoms. The van der Waals surface area contributed by atoms with Gasteiger partial charge in [0, 0.05) is 37.5 Å². The van der Waals surface area contributed by atoms with E-state index in [0.29, 0.717) is 23.9 Å². The van der Waals surface area contributed by atoms with Gasteiger partial charge in [0.05, 0.1) is 23.9 Å². The Morgan fingerprint density at radius 1 is 1.12 bits per heavy atom. The average Bonchev–Trinajstić information content (AvgIpc) is 3.40. The highest BCUT2D eigenvalue weighted by Gasteiger charge is 2.29. The van der Waals surface area contributed by atoms with Crippen LogP contribution in [-0.2, 0) is 13.1 Å². The Kier molecular flexibility index (Phi) is 3.91. The van der Waals surface area contributed by atoms with E-state index in [4.69, 9.17) is 5.26 Å². The fourth-order valence-corrected chi connectivity index (χ4v) is 3.30. The number of nitrogens with zero attached hydrogens (tertiary/aromatic N) is 4. The molecule has 0 atom stereocenters. The van der Waals surface area contributed by atoms with E-state index in [1.807, 2.05) is 30.3 Å². The molecule has 0 radical (unpaired) electrons. The zero-order valence-corrected chi connectivity index (χ0v) is 13.6. The van der Waals surface area contributed by atoms with Crippen LogP contribution in [0.25, 0.3) is 0 Å². The molecule has 0 amide bonds. The van der Waals surface area contributed by atoms with Gasteiger partial charge < -0.3 is 0 Å². The van der Waals surface area contributed by atoms with Crippen molar-refractivity contribution in [2.45, 2.75) is 31.8 Å². The normalized spacial score (nSPS) is 18.1. The zero-order chi connectivity index (χ0) is 16.5.